The Kier molecular flexibility index (Phi) is 3.92. The lowest BCUT2D eigenvalue weighted by Gasteiger charge is -2.30. The summed E-state index contributed by atoms with van der Waals surface area (Å²) in [7, 11) is -1.88. The molecule has 1 rings (SSSR count). The van der Waals surface area contributed by atoms with Crippen LogP contribution in [0.1, 0.15) is 12.8 Å². The fourth-order valence-electron chi connectivity index (χ4n) is 1.59. The molecule has 1 fully saturated rings. The first-order valence-electron chi connectivity index (χ1n) is 4.73. The van der Waals surface area contributed by atoms with E-state index >= 15 is 0 Å². The second-order valence-corrected chi connectivity index (χ2v) is 5.58. The maximum atomic E-state index is 11.3. The Bertz CT molecular complexity index is 328. The van der Waals surface area contributed by atoms with Crippen LogP contribution in [0, 0.1) is 0 Å². The van der Waals surface area contributed by atoms with Crippen molar-refractivity contribution in [3.8, 4) is 0 Å². The molecule has 1 atom stereocenters. The molecule has 15 heavy (non-hydrogen) atoms. The summed E-state index contributed by atoms with van der Waals surface area (Å²) >= 11 is 0. The van der Waals surface area contributed by atoms with Crippen LogP contribution in [-0.2, 0) is 14.8 Å². The molecule has 1 saturated heterocycles. The summed E-state index contributed by atoms with van der Waals surface area (Å²) in [6.45, 7) is 0.853. The second-order valence-electron chi connectivity index (χ2n) is 3.60. The van der Waals surface area contributed by atoms with Gasteiger partial charge in [0.1, 0.15) is 0 Å². The summed E-state index contributed by atoms with van der Waals surface area (Å²) in [5.41, 5.74) is 0. The third kappa shape index (κ3) is 3.67. The molecule has 0 aromatic rings. The summed E-state index contributed by atoms with van der Waals surface area (Å²) in [4.78, 5) is 10.9. The number of rotatable bonds is 2. The molecule has 6 nitrogen and oxygen atoms in total. The number of carbonyl (C=O) groups is 1. The zero-order chi connectivity index (χ0) is 11.5. The summed E-state index contributed by atoms with van der Waals surface area (Å²) < 4.78 is 28.4. The van der Waals surface area contributed by atoms with E-state index in [2.05, 4.69) is 10.1 Å². The van der Waals surface area contributed by atoms with Gasteiger partial charge >= 0.3 is 6.09 Å². The molecule has 0 spiro atoms. The third-order valence-corrected chi connectivity index (χ3v) is 3.63. The van der Waals surface area contributed by atoms with Gasteiger partial charge in [-0.05, 0) is 12.8 Å². The standard InChI is InChI=1S/C8H16N2O4S/c1-14-8(11)9-7-4-3-5-10(6-7)15(2,12)13/h7H,3-6H2,1-2H3,(H,9,11). The van der Waals surface area contributed by atoms with Crippen LogP contribution >= 0.6 is 0 Å². The van der Waals surface area contributed by atoms with Crippen molar-refractivity contribution in [1.82, 2.24) is 9.62 Å². The van der Waals surface area contributed by atoms with Crippen molar-refractivity contribution < 1.29 is 17.9 Å². The van der Waals surface area contributed by atoms with Crippen LogP contribution < -0.4 is 5.32 Å². The average Bonchev–Trinajstić information content (AvgIpc) is 2.17. The number of sulfonamides is 1. The number of methoxy groups -OCH3 is 1. The summed E-state index contributed by atoms with van der Waals surface area (Å²) in [6.07, 6.45) is 2.19. The molecule has 0 aromatic carbocycles. The largest absolute Gasteiger partial charge is 0.453 e. The predicted molar refractivity (Wildman–Crippen MR) is 55.0 cm³/mol. The van der Waals surface area contributed by atoms with Gasteiger partial charge in [0, 0.05) is 19.1 Å². The van der Waals surface area contributed by atoms with Crippen molar-refractivity contribution in [3.63, 3.8) is 0 Å². The minimum absolute atomic E-state index is 0.152. The Morgan fingerprint density at radius 3 is 2.73 bits per heavy atom. The molecule has 7 heteroatoms. The molecule has 1 heterocycles. The quantitative estimate of drug-likeness (QED) is 0.718. The molecule has 1 aliphatic heterocycles. The number of ether oxygens (including phenoxy) is 1. The monoisotopic (exact) mass is 236 g/mol. The third-order valence-electron chi connectivity index (χ3n) is 2.36. The number of hydrogen-bond acceptors (Lipinski definition) is 4. The maximum Gasteiger partial charge on any atom is 0.407 e. The van der Waals surface area contributed by atoms with Crippen LogP contribution in [0.25, 0.3) is 0 Å². The first kappa shape index (κ1) is 12.3. The summed E-state index contributed by atoms with van der Waals surface area (Å²) in [5.74, 6) is 0. The van der Waals surface area contributed by atoms with Gasteiger partial charge in [-0.1, -0.05) is 0 Å². The minimum atomic E-state index is -3.16. The van der Waals surface area contributed by atoms with E-state index in [9.17, 15) is 13.2 Å². The van der Waals surface area contributed by atoms with Gasteiger partial charge in [0.05, 0.1) is 13.4 Å². The second kappa shape index (κ2) is 4.80. The van der Waals surface area contributed by atoms with E-state index in [0.29, 0.717) is 13.1 Å². The molecule has 88 valence electrons. The Morgan fingerprint density at radius 2 is 2.20 bits per heavy atom. The van der Waals surface area contributed by atoms with Gasteiger partial charge in [0.2, 0.25) is 10.0 Å². The van der Waals surface area contributed by atoms with Gasteiger partial charge in [-0.25, -0.2) is 17.5 Å². The molecule has 0 bridgehead atoms. The SMILES string of the molecule is COC(=O)NC1CCCN(S(C)(=O)=O)C1. The van der Waals surface area contributed by atoms with Crippen LogP contribution in [0.15, 0.2) is 0 Å². The lowest BCUT2D eigenvalue weighted by atomic mass is 10.1. The van der Waals surface area contributed by atoms with E-state index in [1.54, 1.807) is 0 Å². The molecular formula is C8H16N2O4S. The summed E-state index contributed by atoms with van der Waals surface area (Å²) in [5, 5.41) is 2.60. The molecule has 1 unspecified atom stereocenters. The number of alkyl carbamates (subject to hydrolysis) is 1. The van der Waals surface area contributed by atoms with Gasteiger partial charge in [-0.15, -0.1) is 0 Å². The molecule has 1 aliphatic rings. The van der Waals surface area contributed by atoms with Gasteiger partial charge in [0.25, 0.3) is 0 Å². The lowest BCUT2D eigenvalue weighted by Crippen LogP contribution is -2.49. The predicted octanol–water partition coefficient (Wildman–Crippen LogP) is -0.234. The van der Waals surface area contributed by atoms with Crippen LogP contribution in [0.5, 0.6) is 0 Å². The van der Waals surface area contributed by atoms with Gasteiger partial charge in [-0.2, -0.15) is 0 Å². The first-order valence-corrected chi connectivity index (χ1v) is 6.58. The molecule has 1 N–H and O–H groups in total. The van der Waals surface area contributed by atoms with Crippen molar-refractivity contribution in [3.05, 3.63) is 0 Å². The average molecular weight is 236 g/mol. The topological polar surface area (TPSA) is 75.7 Å². The smallest absolute Gasteiger partial charge is 0.407 e. The zero-order valence-corrected chi connectivity index (χ0v) is 9.71. The van der Waals surface area contributed by atoms with E-state index in [-0.39, 0.29) is 6.04 Å². The number of amides is 1. The Labute approximate surface area is 89.6 Å². The van der Waals surface area contributed by atoms with E-state index in [1.165, 1.54) is 17.7 Å². The highest BCUT2D eigenvalue weighted by Crippen LogP contribution is 2.12. The van der Waals surface area contributed by atoms with Gasteiger partial charge in [0.15, 0.2) is 0 Å². The number of piperidine rings is 1. The normalized spacial score (nSPS) is 23.5. The molecular weight excluding hydrogens is 220 g/mol. The molecule has 0 radical (unpaired) electrons. The highest BCUT2D eigenvalue weighted by atomic mass is 32.2. The van der Waals surface area contributed by atoms with E-state index in [4.69, 9.17) is 0 Å². The van der Waals surface area contributed by atoms with Crippen molar-refractivity contribution in [2.45, 2.75) is 18.9 Å². The summed E-state index contributed by atoms with van der Waals surface area (Å²) in [6, 6.07) is -0.152. The van der Waals surface area contributed by atoms with Crippen LogP contribution in [0.4, 0.5) is 4.79 Å². The highest BCUT2D eigenvalue weighted by molar-refractivity contribution is 7.88. The van der Waals surface area contributed by atoms with Crippen LogP contribution in [0.2, 0.25) is 0 Å². The van der Waals surface area contributed by atoms with E-state index in [0.717, 1.165) is 12.8 Å². The lowest BCUT2D eigenvalue weighted by molar-refractivity contribution is 0.160. The fourth-order valence-corrected chi connectivity index (χ4v) is 2.50. The highest BCUT2D eigenvalue weighted by Gasteiger charge is 2.26. The Balaban J connectivity index is 2.53. The Hall–Kier alpha value is -0.820. The first-order chi connectivity index (χ1) is 6.93. The Morgan fingerprint density at radius 1 is 1.53 bits per heavy atom. The number of nitrogens with one attached hydrogen (secondary N) is 1. The fraction of sp³-hybridized carbons (Fsp3) is 0.875. The van der Waals surface area contributed by atoms with Gasteiger partial charge < -0.3 is 10.1 Å². The van der Waals surface area contributed by atoms with Crippen molar-refractivity contribution in [2.24, 2.45) is 0 Å². The number of hydrogen-bond donors (Lipinski definition) is 1. The van der Waals surface area contributed by atoms with Gasteiger partial charge in [-0.3, -0.25) is 0 Å². The van der Waals surface area contributed by atoms with Crippen molar-refractivity contribution >= 4 is 16.1 Å². The number of nitrogens with zero attached hydrogens (tertiary/aromatic N) is 1. The maximum absolute atomic E-state index is 11.3. The molecule has 0 aliphatic carbocycles. The molecule has 0 saturated carbocycles. The molecule has 1 amide bonds. The van der Waals surface area contributed by atoms with Crippen molar-refractivity contribution in [2.75, 3.05) is 26.5 Å². The van der Waals surface area contributed by atoms with E-state index < -0.39 is 16.1 Å². The van der Waals surface area contributed by atoms with Crippen molar-refractivity contribution in [1.29, 1.82) is 0 Å². The minimum Gasteiger partial charge on any atom is -0.453 e. The zero-order valence-electron chi connectivity index (χ0n) is 8.89. The number of carbonyl (C=O) groups excluding carboxylic acids is 1. The van der Waals surface area contributed by atoms with Crippen LogP contribution in [-0.4, -0.2) is 51.3 Å². The van der Waals surface area contributed by atoms with Crippen LogP contribution in [0.3, 0.4) is 0 Å². The molecule has 0 aromatic heterocycles. The van der Waals surface area contributed by atoms with E-state index in [1.807, 2.05) is 0 Å².